The van der Waals surface area contributed by atoms with Gasteiger partial charge in [0.05, 0.1) is 41.6 Å². The van der Waals surface area contributed by atoms with E-state index in [1.165, 1.54) is 0 Å². The first kappa shape index (κ1) is 26.2. The minimum Gasteiger partial charge on any atom is -0.507 e. The largest absolute Gasteiger partial charge is 0.507 e. The standard InChI is InChI=1S/C31H33N7O/c1-4-37(29-18-28(35-34-22(29)2)27-11-5-6-12-31(27)39)21-30-23(3)38(30)26-13-14-33-25(17-26)10-8-16-36-15-7-9-24(19-32)20-36/h5-6,11-14,17-18,24,30,39H,3-4,7,9,15-16,20-21H2,1-2H3. The number of nitrogens with zero attached hydrogens (tertiary/aromatic N) is 7. The summed E-state index contributed by atoms with van der Waals surface area (Å²) in [4.78, 5) is 11.2. The molecule has 2 aliphatic rings. The number of aryl methyl sites for hydroxylation is 1. The summed E-state index contributed by atoms with van der Waals surface area (Å²) < 4.78 is 0. The zero-order valence-corrected chi connectivity index (χ0v) is 22.5. The van der Waals surface area contributed by atoms with Gasteiger partial charge in [0.2, 0.25) is 0 Å². The molecule has 2 aliphatic heterocycles. The molecule has 4 heterocycles. The highest BCUT2D eigenvalue weighted by molar-refractivity contribution is 5.71. The molecule has 198 valence electrons. The minimum atomic E-state index is 0.110. The summed E-state index contributed by atoms with van der Waals surface area (Å²) in [6, 6.07) is 15.7. The number of pyridine rings is 1. The molecule has 2 fully saturated rings. The monoisotopic (exact) mass is 519 g/mol. The van der Waals surface area contributed by atoms with Gasteiger partial charge in [0.1, 0.15) is 11.4 Å². The normalized spacial score (nSPS) is 18.7. The van der Waals surface area contributed by atoms with Crippen molar-refractivity contribution in [2.75, 3.05) is 42.5 Å². The maximum Gasteiger partial charge on any atom is 0.125 e. The SMILES string of the molecule is C=C1C(CN(CC)c2cc(-c3ccccc3O)nnc2C)N1c1ccnc(C#CCN2CCCC(C#N)C2)c1. The number of nitriles is 1. The van der Waals surface area contributed by atoms with Gasteiger partial charge in [-0.2, -0.15) is 10.4 Å². The predicted octanol–water partition coefficient (Wildman–Crippen LogP) is 4.37. The maximum atomic E-state index is 10.3. The van der Waals surface area contributed by atoms with Crippen LogP contribution in [0.1, 0.15) is 31.2 Å². The summed E-state index contributed by atoms with van der Waals surface area (Å²) in [5, 5.41) is 28.2. The minimum absolute atomic E-state index is 0.110. The zero-order valence-electron chi connectivity index (χ0n) is 22.5. The van der Waals surface area contributed by atoms with Crippen molar-refractivity contribution in [1.82, 2.24) is 20.1 Å². The number of likely N-dealkylation sites (N-methyl/N-ethyl adjacent to an activating group) is 1. The third kappa shape index (κ3) is 5.87. The molecule has 0 bridgehead atoms. The van der Waals surface area contributed by atoms with Gasteiger partial charge in [-0.15, -0.1) is 5.10 Å². The van der Waals surface area contributed by atoms with E-state index in [1.54, 1.807) is 18.3 Å². The van der Waals surface area contributed by atoms with Crippen LogP contribution in [-0.4, -0.2) is 64.0 Å². The highest BCUT2D eigenvalue weighted by atomic mass is 16.3. The van der Waals surface area contributed by atoms with E-state index in [0.717, 1.165) is 67.5 Å². The van der Waals surface area contributed by atoms with Gasteiger partial charge in [-0.1, -0.05) is 24.6 Å². The van der Waals surface area contributed by atoms with E-state index in [2.05, 4.69) is 61.3 Å². The number of likely N-dealkylation sites (tertiary alicyclic amines) is 1. The van der Waals surface area contributed by atoms with Crippen LogP contribution >= 0.6 is 0 Å². The van der Waals surface area contributed by atoms with E-state index in [9.17, 15) is 10.4 Å². The number of para-hydroxylation sites is 1. The number of anilines is 2. The van der Waals surface area contributed by atoms with Gasteiger partial charge < -0.3 is 14.9 Å². The molecule has 3 aromatic rings. The van der Waals surface area contributed by atoms with Gasteiger partial charge in [0.15, 0.2) is 0 Å². The topological polar surface area (TPSA) is 92.2 Å². The van der Waals surface area contributed by atoms with Gasteiger partial charge >= 0.3 is 0 Å². The van der Waals surface area contributed by atoms with Crippen molar-refractivity contribution >= 4 is 11.4 Å². The van der Waals surface area contributed by atoms with Crippen LogP contribution in [0, 0.1) is 36.0 Å². The number of phenolic OH excluding ortho intramolecular Hbond substituents is 1. The lowest BCUT2D eigenvalue weighted by molar-refractivity contribution is 0.222. The lowest BCUT2D eigenvalue weighted by atomic mass is 10.00. The Balaban J connectivity index is 1.27. The van der Waals surface area contributed by atoms with Crippen LogP contribution in [0.15, 0.2) is 60.9 Å². The molecule has 1 N–H and O–H groups in total. The van der Waals surface area contributed by atoms with Crippen LogP contribution in [-0.2, 0) is 0 Å². The third-order valence-electron chi connectivity index (χ3n) is 7.41. The first-order valence-electron chi connectivity index (χ1n) is 13.4. The van der Waals surface area contributed by atoms with Crippen LogP contribution < -0.4 is 9.80 Å². The van der Waals surface area contributed by atoms with Gasteiger partial charge in [0, 0.05) is 42.8 Å². The van der Waals surface area contributed by atoms with Crippen molar-refractivity contribution in [1.29, 1.82) is 5.26 Å². The Morgan fingerprint density at radius 1 is 1.21 bits per heavy atom. The van der Waals surface area contributed by atoms with Gasteiger partial charge in [-0.3, -0.25) is 4.90 Å². The molecule has 8 heteroatoms. The highest BCUT2D eigenvalue weighted by Crippen LogP contribution is 2.39. The Hall–Kier alpha value is -4.40. The van der Waals surface area contributed by atoms with E-state index in [0.29, 0.717) is 17.8 Å². The lowest BCUT2D eigenvalue weighted by Crippen LogP contribution is -2.35. The molecule has 0 spiro atoms. The van der Waals surface area contributed by atoms with Crippen LogP contribution in [0.3, 0.4) is 0 Å². The molecule has 2 unspecified atom stereocenters. The summed E-state index contributed by atoms with van der Waals surface area (Å²) in [5.41, 5.74) is 5.94. The lowest BCUT2D eigenvalue weighted by Gasteiger charge is -2.27. The van der Waals surface area contributed by atoms with Crippen LogP contribution in [0.4, 0.5) is 11.4 Å². The number of aromatic hydroxyl groups is 1. The molecule has 0 saturated carbocycles. The van der Waals surface area contributed by atoms with Crippen LogP contribution in [0.5, 0.6) is 5.75 Å². The molecule has 1 aromatic carbocycles. The number of rotatable bonds is 7. The average molecular weight is 520 g/mol. The fourth-order valence-electron chi connectivity index (χ4n) is 5.19. The molecule has 0 amide bonds. The van der Waals surface area contributed by atoms with Crippen molar-refractivity contribution in [2.24, 2.45) is 5.92 Å². The number of benzene rings is 1. The first-order chi connectivity index (χ1) is 19.0. The fraction of sp³-hybridized carbons (Fsp3) is 0.355. The van der Waals surface area contributed by atoms with Gasteiger partial charge in [-0.05, 0) is 69.5 Å². The molecule has 0 aliphatic carbocycles. The van der Waals surface area contributed by atoms with Crippen molar-refractivity contribution < 1.29 is 5.11 Å². The van der Waals surface area contributed by atoms with Crippen molar-refractivity contribution in [2.45, 2.75) is 32.7 Å². The number of aromatic nitrogens is 3. The molecular formula is C31H33N7O. The van der Waals surface area contributed by atoms with Gasteiger partial charge in [0.25, 0.3) is 0 Å². The first-order valence-corrected chi connectivity index (χ1v) is 13.4. The van der Waals surface area contributed by atoms with Crippen molar-refractivity contribution in [3.63, 3.8) is 0 Å². The second kappa shape index (κ2) is 11.6. The van der Waals surface area contributed by atoms with Crippen LogP contribution in [0.25, 0.3) is 11.3 Å². The summed E-state index contributed by atoms with van der Waals surface area (Å²) in [6.07, 6.45) is 3.82. The molecule has 5 rings (SSSR count). The molecule has 8 nitrogen and oxygen atoms in total. The molecular weight excluding hydrogens is 486 g/mol. The van der Waals surface area contributed by atoms with Gasteiger partial charge in [-0.25, -0.2) is 4.98 Å². The van der Waals surface area contributed by atoms with Crippen molar-refractivity contribution in [3.05, 3.63) is 72.3 Å². The number of piperidine rings is 1. The van der Waals surface area contributed by atoms with E-state index >= 15 is 0 Å². The summed E-state index contributed by atoms with van der Waals surface area (Å²) in [5.74, 6) is 6.74. The molecule has 2 saturated heterocycles. The van der Waals surface area contributed by atoms with E-state index < -0.39 is 0 Å². The Labute approximate surface area is 230 Å². The quantitative estimate of drug-likeness (QED) is 0.364. The predicted molar refractivity (Wildman–Crippen MR) is 153 cm³/mol. The Bertz CT molecular complexity index is 1470. The third-order valence-corrected chi connectivity index (χ3v) is 7.41. The second-order valence-corrected chi connectivity index (χ2v) is 10.0. The molecule has 2 atom stereocenters. The summed E-state index contributed by atoms with van der Waals surface area (Å²) in [7, 11) is 0. The smallest absolute Gasteiger partial charge is 0.125 e. The zero-order chi connectivity index (χ0) is 27.4. The van der Waals surface area contributed by atoms with E-state index in [1.807, 2.05) is 37.3 Å². The highest BCUT2D eigenvalue weighted by Gasteiger charge is 2.41. The van der Waals surface area contributed by atoms with Crippen molar-refractivity contribution in [3.8, 4) is 34.9 Å². The summed E-state index contributed by atoms with van der Waals surface area (Å²) >= 11 is 0. The Kier molecular flexibility index (Phi) is 7.76. The molecule has 2 aromatic heterocycles. The fourth-order valence-corrected chi connectivity index (χ4v) is 5.19. The summed E-state index contributed by atoms with van der Waals surface area (Å²) in [6.45, 7) is 12.4. The van der Waals surface area contributed by atoms with E-state index in [-0.39, 0.29) is 17.7 Å². The maximum absolute atomic E-state index is 10.3. The Morgan fingerprint density at radius 3 is 2.85 bits per heavy atom. The van der Waals surface area contributed by atoms with Crippen LogP contribution in [0.2, 0.25) is 0 Å². The van der Waals surface area contributed by atoms with E-state index in [4.69, 9.17) is 0 Å². The number of hydrogen-bond donors (Lipinski definition) is 1. The average Bonchev–Trinajstić information content (AvgIpc) is 3.61. The number of phenols is 1. The Morgan fingerprint density at radius 2 is 2.05 bits per heavy atom. The molecule has 0 radical (unpaired) electrons. The molecule has 39 heavy (non-hydrogen) atoms. The number of hydrogen-bond acceptors (Lipinski definition) is 8. The second-order valence-electron chi connectivity index (χ2n) is 10.0.